The molecule has 7 nitrogen and oxygen atoms in total. The summed E-state index contributed by atoms with van der Waals surface area (Å²) in [5.74, 6) is 2.27. The zero-order valence-electron chi connectivity index (χ0n) is 15.2. The van der Waals surface area contributed by atoms with Gasteiger partial charge in [-0.25, -0.2) is 9.78 Å². The molecule has 25 heavy (non-hydrogen) atoms. The minimum absolute atomic E-state index is 0. The quantitative estimate of drug-likeness (QED) is 0.455. The maximum Gasteiger partial charge on any atom is 0.317 e. The predicted molar refractivity (Wildman–Crippen MR) is 103 cm³/mol. The molecule has 1 unspecified atom stereocenters. The van der Waals surface area contributed by atoms with Crippen LogP contribution in [0.25, 0.3) is 0 Å². The van der Waals surface area contributed by atoms with Crippen molar-refractivity contribution in [2.75, 3.05) is 17.7 Å². The van der Waals surface area contributed by atoms with Gasteiger partial charge in [-0.3, -0.25) is 10.7 Å². The molecule has 6 N–H and O–H groups in total. The molecule has 0 spiro atoms. The number of carbonyl (C=O) groups excluding carboxylic acids is 1. The molecule has 1 fully saturated rings. The number of ether oxygens (including phenoxy) is 1. The molecule has 1 aromatic heterocycles. The standard InChI is InChI=1S/C9H13N5O2.C8H16.V.3H2/c1-2-16-8(11)5-4-13-7(3-6(5)10)14-9(12)15;1-3-8-6-4-5-7(8)2;;;;/h3-4,11H,2H2,1H3,(H5,10,12,13,14,15);7-8H,3-6H2,1-2H3;;3*1H/t;7?,8-;;;;/m.1..../s1. The number of nitrogens with one attached hydrogen (secondary N) is 2. The molecule has 8 heteroatoms. The Morgan fingerprint density at radius 1 is 1.48 bits per heavy atom. The number of nitrogens with two attached hydrogens (primary N) is 2. The van der Waals surface area contributed by atoms with E-state index >= 15 is 0 Å². The summed E-state index contributed by atoms with van der Waals surface area (Å²) in [6.07, 6.45) is 7.22. The molecule has 2 rings (SSSR count). The van der Waals surface area contributed by atoms with E-state index in [0.717, 1.165) is 11.8 Å². The van der Waals surface area contributed by atoms with Crippen molar-refractivity contribution in [3.8, 4) is 0 Å². The zero-order chi connectivity index (χ0) is 18.1. The van der Waals surface area contributed by atoms with Crippen molar-refractivity contribution in [1.29, 1.82) is 5.41 Å². The van der Waals surface area contributed by atoms with Gasteiger partial charge in [0.05, 0.1) is 12.2 Å². The van der Waals surface area contributed by atoms with Gasteiger partial charge in [0, 0.05) is 40.8 Å². The summed E-state index contributed by atoms with van der Waals surface area (Å²) in [6.45, 7) is 6.84. The maximum atomic E-state index is 10.6. The maximum absolute atomic E-state index is 10.6. The minimum Gasteiger partial charge on any atom is -0.478 e. The van der Waals surface area contributed by atoms with Gasteiger partial charge in [0.25, 0.3) is 0 Å². The SMILES string of the molecule is CCOC(=N)c1cnc(NC(N)=O)cc1N.CC[C@@H]1CCCC1C.[HH].[HH].[HH].[V]. The van der Waals surface area contributed by atoms with Crippen molar-refractivity contribution in [2.45, 2.75) is 46.5 Å². The first-order chi connectivity index (χ1) is 11.4. The van der Waals surface area contributed by atoms with Gasteiger partial charge >= 0.3 is 6.03 Å². The van der Waals surface area contributed by atoms with Crippen LogP contribution in [0.5, 0.6) is 0 Å². The Morgan fingerprint density at radius 2 is 2.16 bits per heavy atom. The number of primary amides is 1. The van der Waals surface area contributed by atoms with Gasteiger partial charge < -0.3 is 16.2 Å². The predicted octanol–water partition coefficient (Wildman–Crippen LogP) is 4.08. The van der Waals surface area contributed by atoms with E-state index < -0.39 is 6.03 Å². The van der Waals surface area contributed by atoms with Crippen LogP contribution in [0, 0.1) is 17.2 Å². The first-order valence-electron chi connectivity index (χ1n) is 8.42. The van der Waals surface area contributed by atoms with Crippen molar-refractivity contribution in [3.63, 3.8) is 0 Å². The fourth-order valence-corrected chi connectivity index (χ4v) is 2.91. The fourth-order valence-electron chi connectivity index (χ4n) is 2.91. The van der Waals surface area contributed by atoms with Crippen LogP contribution >= 0.6 is 0 Å². The number of pyridine rings is 1. The van der Waals surface area contributed by atoms with Gasteiger partial charge in [-0.1, -0.05) is 39.5 Å². The van der Waals surface area contributed by atoms with E-state index in [1.165, 1.54) is 37.9 Å². The second-order valence-electron chi connectivity index (χ2n) is 5.98. The van der Waals surface area contributed by atoms with Gasteiger partial charge in [-0.2, -0.15) is 0 Å². The number of carbonyl (C=O) groups is 1. The van der Waals surface area contributed by atoms with Gasteiger partial charge in [-0.05, 0) is 18.8 Å². The van der Waals surface area contributed by atoms with Gasteiger partial charge in [0.1, 0.15) is 5.82 Å². The minimum atomic E-state index is -0.723. The molecule has 2 atom stereocenters. The van der Waals surface area contributed by atoms with Crippen LogP contribution in [-0.4, -0.2) is 23.5 Å². The fraction of sp³-hybridized carbons (Fsp3) is 0.588. The molecular weight excluding hydrogens is 357 g/mol. The average molecular weight is 392 g/mol. The second-order valence-corrected chi connectivity index (χ2v) is 5.98. The van der Waals surface area contributed by atoms with Crippen LogP contribution in [0.4, 0.5) is 16.3 Å². The van der Waals surface area contributed by atoms with Crippen molar-refractivity contribution >= 4 is 23.4 Å². The van der Waals surface area contributed by atoms with E-state index in [1.54, 1.807) is 6.92 Å². The molecule has 0 aromatic carbocycles. The van der Waals surface area contributed by atoms with Crippen molar-refractivity contribution < 1.29 is 32.4 Å². The normalized spacial score (nSPS) is 18.4. The van der Waals surface area contributed by atoms with Crippen LogP contribution in [-0.2, 0) is 23.3 Å². The Labute approximate surface area is 166 Å². The van der Waals surface area contributed by atoms with E-state index in [9.17, 15) is 4.79 Å². The molecule has 0 aliphatic heterocycles. The van der Waals surface area contributed by atoms with Crippen LogP contribution in [0.2, 0.25) is 0 Å². The third kappa shape index (κ3) is 7.79. The van der Waals surface area contributed by atoms with Crippen molar-refractivity contribution in [3.05, 3.63) is 17.8 Å². The summed E-state index contributed by atoms with van der Waals surface area (Å²) < 4.78 is 4.98. The topological polar surface area (TPSA) is 127 Å². The Bertz CT molecular complexity index is 582. The molecule has 145 valence electrons. The van der Waals surface area contributed by atoms with Crippen molar-refractivity contribution in [1.82, 2.24) is 4.98 Å². The smallest absolute Gasteiger partial charge is 0.317 e. The Kier molecular flexibility index (Phi) is 11.0. The number of nitrogen functional groups attached to an aromatic ring is 1. The molecule has 1 aliphatic carbocycles. The van der Waals surface area contributed by atoms with Gasteiger partial charge in [0.15, 0.2) is 0 Å². The monoisotopic (exact) mass is 392 g/mol. The molecule has 0 saturated heterocycles. The average Bonchev–Trinajstić information content (AvgIpc) is 2.93. The summed E-state index contributed by atoms with van der Waals surface area (Å²) in [5.41, 5.74) is 11.3. The van der Waals surface area contributed by atoms with Crippen molar-refractivity contribution in [2.24, 2.45) is 17.6 Å². The molecule has 1 aliphatic rings. The van der Waals surface area contributed by atoms with E-state index in [2.05, 4.69) is 24.1 Å². The van der Waals surface area contributed by atoms with Crippen LogP contribution in [0.15, 0.2) is 12.3 Å². The number of aromatic nitrogens is 1. The summed E-state index contributed by atoms with van der Waals surface area (Å²) in [4.78, 5) is 14.4. The molecule has 1 aromatic rings. The summed E-state index contributed by atoms with van der Waals surface area (Å²) in [7, 11) is 0. The number of amides is 2. The number of nitrogens with zero attached hydrogens (tertiary/aromatic N) is 1. The van der Waals surface area contributed by atoms with Crippen LogP contribution in [0.1, 0.15) is 56.3 Å². The zero-order valence-corrected chi connectivity index (χ0v) is 16.6. The third-order valence-electron chi connectivity index (χ3n) is 4.28. The number of hydrogen-bond donors (Lipinski definition) is 4. The van der Waals surface area contributed by atoms with E-state index in [0.29, 0.717) is 12.2 Å². The number of hydrogen-bond acceptors (Lipinski definition) is 5. The molecule has 1 heterocycles. The number of rotatable bonds is 4. The summed E-state index contributed by atoms with van der Waals surface area (Å²) in [6, 6.07) is 0.688. The summed E-state index contributed by atoms with van der Waals surface area (Å²) >= 11 is 0. The van der Waals surface area contributed by atoms with E-state index in [4.69, 9.17) is 21.6 Å². The molecule has 2 amide bonds. The van der Waals surface area contributed by atoms with Gasteiger partial charge in [-0.15, -0.1) is 0 Å². The number of anilines is 2. The first kappa shape index (κ1) is 23.3. The van der Waals surface area contributed by atoms with E-state index in [-0.39, 0.29) is 40.2 Å². The third-order valence-corrected chi connectivity index (χ3v) is 4.28. The number of urea groups is 1. The van der Waals surface area contributed by atoms with Crippen LogP contribution < -0.4 is 16.8 Å². The van der Waals surface area contributed by atoms with Crippen LogP contribution in [0.3, 0.4) is 0 Å². The second kappa shape index (κ2) is 11.8. The van der Waals surface area contributed by atoms with Gasteiger partial charge in [0.2, 0.25) is 5.90 Å². The van der Waals surface area contributed by atoms with E-state index in [1.807, 2.05) is 0 Å². The molecular formula is C17H35N5O2V. The Morgan fingerprint density at radius 3 is 2.56 bits per heavy atom. The molecule has 1 radical (unpaired) electrons. The molecule has 1 saturated carbocycles. The molecule has 0 bridgehead atoms. The summed E-state index contributed by atoms with van der Waals surface area (Å²) in [5, 5.41) is 9.81. The first-order valence-corrected chi connectivity index (χ1v) is 8.42. The largest absolute Gasteiger partial charge is 0.478 e. The Balaban J connectivity index is -0.000000208. The Hall–Kier alpha value is -1.73.